The van der Waals surface area contributed by atoms with Crippen LogP contribution in [0.4, 0.5) is 4.39 Å². The molecule has 2 aromatic heterocycles. The molecule has 0 bridgehead atoms. The summed E-state index contributed by atoms with van der Waals surface area (Å²) in [5.74, 6) is -1.66. The summed E-state index contributed by atoms with van der Waals surface area (Å²) in [6.45, 7) is 0.559. The number of aromatic nitrogens is 3. The summed E-state index contributed by atoms with van der Waals surface area (Å²) in [7, 11) is 0. The molecule has 0 aliphatic carbocycles. The van der Waals surface area contributed by atoms with E-state index in [1.165, 1.54) is 12.3 Å². The Balaban J connectivity index is 1.91. The van der Waals surface area contributed by atoms with Gasteiger partial charge in [-0.2, -0.15) is 5.10 Å². The van der Waals surface area contributed by atoms with E-state index in [1.807, 2.05) is 0 Å². The molecule has 1 aliphatic rings. The second-order valence-corrected chi connectivity index (χ2v) is 5.11. The molecule has 0 unspecified atom stereocenters. The quantitative estimate of drug-likeness (QED) is 0.733. The number of hydrogen-bond acceptors (Lipinski definition) is 5. The highest BCUT2D eigenvalue weighted by Gasteiger charge is 2.21. The number of aromatic amines is 1. The van der Waals surface area contributed by atoms with Crippen molar-refractivity contribution in [1.29, 1.82) is 0 Å². The Morgan fingerprint density at radius 3 is 2.92 bits per heavy atom. The fraction of sp³-hybridized carbons (Fsp3) is 0.133. The van der Waals surface area contributed by atoms with Crippen LogP contribution in [0.5, 0.6) is 11.5 Å². The van der Waals surface area contributed by atoms with Crippen molar-refractivity contribution >= 4 is 11.5 Å². The molecule has 1 aliphatic heterocycles. The van der Waals surface area contributed by atoms with Crippen LogP contribution in [0.2, 0.25) is 0 Å². The van der Waals surface area contributed by atoms with Gasteiger partial charge in [0.2, 0.25) is 0 Å². The fourth-order valence-electron chi connectivity index (χ4n) is 2.53. The number of nitrogens with zero attached hydrogens (tertiary/aromatic N) is 2. The molecular weight excluding hydrogens is 321 g/mol. The standard InChI is InChI=1S/C15H10FN3O5/c16-12-7(1-2-11-13(12)24-4-3-23-11)9-6-19-10(14(20)17-9)5-8(18-19)15(21)22/h1-2,5-6H,3-4H2,(H,17,20)(H,21,22). The van der Waals surface area contributed by atoms with Crippen molar-refractivity contribution in [1.82, 2.24) is 14.6 Å². The predicted molar refractivity (Wildman–Crippen MR) is 79.2 cm³/mol. The summed E-state index contributed by atoms with van der Waals surface area (Å²) in [6, 6.07) is 4.13. The van der Waals surface area contributed by atoms with Crippen LogP contribution in [-0.4, -0.2) is 38.9 Å². The number of benzene rings is 1. The molecule has 3 heterocycles. The molecule has 0 spiro atoms. The molecule has 8 nitrogen and oxygen atoms in total. The number of halogens is 1. The molecule has 3 aromatic rings. The highest BCUT2D eigenvalue weighted by Crippen LogP contribution is 2.37. The summed E-state index contributed by atoms with van der Waals surface area (Å²) >= 11 is 0. The zero-order valence-electron chi connectivity index (χ0n) is 12.1. The van der Waals surface area contributed by atoms with E-state index in [0.29, 0.717) is 6.61 Å². The zero-order valence-corrected chi connectivity index (χ0v) is 12.1. The molecule has 0 amide bonds. The first-order chi connectivity index (χ1) is 11.5. The lowest BCUT2D eigenvalue weighted by molar-refractivity contribution is 0.0690. The van der Waals surface area contributed by atoms with Crippen LogP contribution in [0, 0.1) is 5.82 Å². The maximum atomic E-state index is 14.7. The summed E-state index contributed by atoms with van der Waals surface area (Å²) in [5.41, 5.74) is -0.580. The van der Waals surface area contributed by atoms with Crippen LogP contribution in [0.3, 0.4) is 0 Å². The lowest BCUT2D eigenvalue weighted by atomic mass is 10.1. The lowest BCUT2D eigenvalue weighted by Crippen LogP contribution is -2.17. The van der Waals surface area contributed by atoms with Crippen LogP contribution in [0.1, 0.15) is 10.5 Å². The van der Waals surface area contributed by atoms with E-state index in [-0.39, 0.29) is 40.6 Å². The first-order valence-electron chi connectivity index (χ1n) is 6.99. The summed E-state index contributed by atoms with van der Waals surface area (Å²) in [4.78, 5) is 25.6. The number of carbonyl (C=O) groups is 1. The number of rotatable bonds is 2. The molecule has 24 heavy (non-hydrogen) atoms. The Morgan fingerprint density at radius 2 is 2.12 bits per heavy atom. The summed E-state index contributed by atoms with van der Waals surface area (Å²) in [5, 5.41) is 12.8. The Morgan fingerprint density at radius 1 is 1.33 bits per heavy atom. The highest BCUT2D eigenvalue weighted by molar-refractivity contribution is 5.87. The molecular formula is C15H10FN3O5. The molecule has 122 valence electrons. The minimum absolute atomic E-state index is 0.0219. The third-order valence-electron chi connectivity index (χ3n) is 3.63. The summed E-state index contributed by atoms with van der Waals surface area (Å²) < 4.78 is 26.3. The largest absolute Gasteiger partial charge is 0.486 e. The molecule has 2 N–H and O–H groups in total. The molecule has 9 heteroatoms. The predicted octanol–water partition coefficient (Wildman–Crippen LogP) is 1.30. The molecule has 4 rings (SSSR count). The second-order valence-electron chi connectivity index (χ2n) is 5.11. The van der Waals surface area contributed by atoms with Crippen molar-refractivity contribution < 1.29 is 23.8 Å². The minimum Gasteiger partial charge on any atom is -0.486 e. The Labute approximate surface area is 133 Å². The van der Waals surface area contributed by atoms with Gasteiger partial charge < -0.3 is 19.6 Å². The van der Waals surface area contributed by atoms with Gasteiger partial charge in [-0.15, -0.1) is 0 Å². The van der Waals surface area contributed by atoms with Crippen LogP contribution < -0.4 is 15.0 Å². The van der Waals surface area contributed by atoms with Crippen molar-refractivity contribution in [2.45, 2.75) is 0 Å². The minimum atomic E-state index is -1.26. The van der Waals surface area contributed by atoms with Crippen molar-refractivity contribution in [2.24, 2.45) is 0 Å². The van der Waals surface area contributed by atoms with E-state index in [2.05, 4.69) is 10.1 Å². The monoisotopic (exact) mass is 331 g/mol. The van der Waals surface area contributed by atoms with Crippen molar-refractivity contribution in [2.75, 3.05) is 13.2 Å². The Kier molecular flexibility index (Phi) is 3.02. The zero-order chi connectivity index (χ0) is 16.8. The van der Waals surface area contributed by atoms with Gasteiger partial charge in [-0.25, -0.2) is 13.7 Å². The van der Waals surface area contributed by atoms with E-state index < -0.39 is 17.3 Å². The van der Waals surface area contributed by atoms with Crippen LogP contribution >= 0.6 is 0 Å². The number of ether oxygens (including phenoxy) is 2. The number of hydrogen-bond donors (Lipinski definition) is 2. The smallest absolute Gasteiger partial charge is 0.356 e. The van der Waals surface area contributed by atoms with Crippen LogP contribution in [0.15, 0.2) is 29.2 Å². The average Bonchev–Trinajstić information content (AvgIpc) is 3.00. The van der Waals surface area contributed by atoms with Gasteiger partial charge in [0, 0.05) is 11.6 Å². The first-order valence-corrected chi connectivity index (χ1v) is 6.99. The molecule has 0 radical (unpaired) electrons. The summed E-state index contributed by atoms with van der Waals surface area (Å²) in [6.07, 6.45) is 1.34. The third kappa shape index (κ3) is 2.09. The van der Waals surface area contributed by atoms with Crippen molar-refractivity contribution in [3.8, 4) is 22.8 Å². The van der Waals surface area contributed by atoms with Gasteiger partial charge in [-0.05, 0) is 12.1 Å². The van der Waals surface area contributed by atoms with E-state index in [0.717, 1.165) is 10.6 Å². The topological polar surface area (TPSA) is 106 Å². The van der Waals surface area contributed by atoms with Crippen LogP contribution in [0.25, 0.3) is 16.8 Å². The highest BCUT2D eigenvalue weighted by atomic mass is 19.1. The first kappa shape index (κ1) is 14.2. The molecule has 1 aromatic carbocycles. The van der Waals surface area contributed by atoms with Gasteiger partial charge in [0.25, 0.3) is 5.56 Å². The molecule has 0 saturated carbocycles. The number of carboxylic acid groups (broad SMARTS) is 1. The van der Waals surface area contributed by atoms with Gasteiger partial charge in [-0.3, -0.25) is 4.79 Å². The van der Waals surface area contributed by atoms with E-state index in [4.69, 9.17) is 14.6 Å². The maximum absolute atomic E-state index is 14.7. The van der Waals surface area contributed by atoms with Gasteiger partial charge in [0.1, 0.15) is 18.7 Å². The normalized spacial score (nSPS) is 13.2. The van der Waals surface area contributed by atoms with Crippen molar-refractivity contribution in [3.05, 3.63) is 46.3 Å². The van der Waals surface area contributed by atoms with Gasteiger partial charge in [0.05, 0.1) is 11.9 Å². The van der Waals surface area contributed by atoms with E-state index in [9.17, 15) is 14.0 Å². The Bertz CT molecular complexity index is 1040. The van der Waals surface area contributed by atoms with Crippen molar-refractivity contribution in [3.63, 3.8) is 0 Å². The number of fused-ring (bicyclic) bond motifs is 2. The number of H-pyrrole nitrogens is 1. The maximum Gasteiger partial charge on any atom is 0.356 e. The SMILES string of the molecule is O=C(O)c1cc2c(=O)[nH]c(-c3ccc4c(c3F)OCCO4)cn2n1. The molecule has 0 atom stereocenters. The molecule has 0 saturated heterocycles. The number of carboxylic acids is 1. The third-order valence-corrected chi connectivity index (χ3v) is 3.63. The lowest BCUT2D eigenvalue weighted by Gasteiger charge is -2.19. The number of nitrogens with one attached hydrogen (secondary N) is 1. The number of aromatic carboxylic acids is 1. The Hall–Kier alpha value is -3.36. The van der Waals surface area contributed by atoms with Gasteiger partial charge in [-0.1, -0.05) is 0 Å². The average molecular weight is 331 g/mol. The molecule has 0 fully saturated rings. The van der Waals surface area contributed by atoms with Crippen LogP contribution in [-0.2, 0) is 0 Å². The van der Waals surface area contributed by atoms with Gasteiger partial charge in [0.15, 0.2) is 23.0 Å². The van der Waals surface area contributed by atoms with Gasteiger partial charge >= 0.3 is 5.97 Å². The second kappa shape index (κ2) is 5.08. The fourth-order valence-corrected chi connectivity index (χ4v) is 2.53. The van der Waals surface area contributed by atoms with E-state index >= 15 is 0 Å². The van der Waals surface area contributed by atoms with E-state index in [1.54, 1.807) is 6.07 Å².